The molecule has 3 rings (SSSR count). The Labute approximate surface area is 273 Å². The first kappa shape index (κ1) is 38.4. The molecule has 0 aromatic rings. The van der Waals surface area contributed by atoms with E-state index >= 15 is 0 Å². The molecular weight excluding hydrogens is 572 g/mol. The molecular formula is C37H66O8. The summed E-state index contributed by atoms with van der Waals surface area (Å²) >= 11 is 0. The first-order valence-corrected chi connectivity index (χ1v) is 18.7. The Kier molecular flexibility index (Phi) is 18.6. The smallest absolute Gasteiger partial charge is 0.334 e. The molecule has 0 bridgehead atoms. The van der Waals surface area contributed by atoms with Crippen molar-refractivity contribution >= 4 is 5.97 Å². The van der Waals surface area contributed by atoms with Crippen molar-refractivity contribution in [2.45, 2.75) is 216 Å². The van der Waals surface area contributed by atoms with Crippen molar-refractivity contribution in [2.24, 2.45) is 0 Å². The molecule has 45 heavy (non-hydrogen) atoms. The van der Waals surface area contributed by atoms with Crippen LogP contribution in [0.2, 0.25) is 0 Å². The minimum absolute atomic E-state index is 0.162. The van der Waals surface area contributed by atoms with E-state index < -0.39 is 24.4 Å². The van der Waals surface area contributed by atoms with Crippen molar-refractivity contribution in [2.75, 3.05) is 0 Å². The molecule has 0 radical (unpaired) electrons. The minimum atomic E-state index is -0.627. The highest BCUT2D eigenvalue weighted by Crippen LogP contribution is 2.31. The van der Waals surface area contributed by atoms with Gasteiger partial charge in [-0.25, -0.2) is 4.79 Å². The Balaban J connectivity index is 1.16. The summed E-state index contributed by atoms with van der Waals surface area (Å²) in [6.45, 7) is 4.07. The van der Waals surface area contributed by atoms with Crippen LogP contribution in [0.25, 0.3) is 0 Å². The number of rotatable bonds is 25. The highest BCUT2D eigenvalue weighted by Gasteiger charge is 2.36. The van der Waals surface area contributed by atoms with Crippen LogP contribution in [-0.2, 0) is 19.0 Å². The molecule has 0 aromatic carbocycles. The van der Waals surface area contributed by atoms with Gasteiger partial charge in [0.1, 0.15) is 6.10 Å². The number of hydrogen-bond acceptors (Lipinski definition) is 8. The quantitative estimate of drug-likeness (QED) is 0.0634. The van der Waals surface area contributed by atoms with Crippen molar-refractivity contribution < 1.29 is 39.4 Å². The second-order valence-electron chi connectivity index (χ2n) is 14.2. The summed E-state index contributed by atoms with van der Waals surface area (Å²) in [6, 6.07) is 0. The van der Waals surface area contributed by atoms with Gasteiger partial charge in [-0.15, -0.1) is 0 Å². The van der Waals surface area contributed by atoms with E-state index in [1.165, 1.54) is 38.5 Å². The largest absolute Gasteiger partial charge is 0.455 e. The van der Waals surface area contributed by atoms with Gasteiger partial charge in [0.15, 0.2) is 0 Å². The van der Waals surface area contributed by atoms with E-state index in [1.807, 2.05) is 6.92 Å². The average Bonchev–Trinajstić information content (AvgIpc) is 3.77. The molecule has 9 atom stereocenters. The van der Waals surface area contributed by atoms with Gasteiger partial charge in [0.2, 0.25) is 0 Å². The fourth-order valence-electron chi connectivity index (χ4n) is 7.29. The van der Waals surface area contributed by atoms with Crippen molar-refractivity contribution in [1.29, 1.82) is 0 Å². The van der Waals surface area contributed by atoms with E-state index in [4.69, 9.17) is 14.2 Å². The van der Waals surface area contributed by atoms with E-state index in [-0.39, 0.29) is 36.5 Å². The second kappa shape index (κ2) is 21.8. The summed E-state index contributed by atoms with van der Waals surface area (Å²) in [7, 11) is 0. The number of hydrogen-bond donors (Lipinski definition) is 4. The van der Waals surface area contributed by atoms with Crippen LogP contribution < -0.4 is 0 Å². The molecule has 8 nitrogen and oxygen atoms in total. The fourth-order valence-corrected chi connectivity index (χ4v) is 7.29. The zero-order valence-corrected chi connectivity index (χ0v) is 28.5. The van der Waals surface area contributed by atoms with Gasteiger partial charge in [-0.2, -0.15) is 0 Å². The highest BCUT2D eigenvalue weighted by atomic mass is 16.5. The van der Waals surface area contributed by atoms with Gasteiger partial charge >= 0.3 is 5.97 Å². The van der Waals surface area contributed by atoms with Crippen LogP contribution in [-0.4, -0.2) is 81.3 Å². The number of esters is 1. The summed E-state index contributed by atoms with van der Waals surface area (Å²) in [5, 5.41) is 42.4. The van der Waals surface area contributed by atoms with Gasteiger partial charge in [-0.05, 0) is 70.8 Å². The lowest BCUT2D eigenvalue weighted by Crippen LogP contribution is -2.33. The van der Waals surface area contributed by atoms with E-state index in [2.05, 4.69) is 6.92 Å². The number of aliphatic hydroxyl groups excluding tert-OH is 4. The van der Waals surface area contributed by atoms with Crippen LogP contribution >= 0.6 is 0 Å². The van der Waals surface area contributed by atoms with Gasteiger partial charge < -0.3 is 34.6 Å². The van der Waals surface area contributed by atoms with Crippen LogP contribution in [0.15, 0.2) is 11.6 Å². The number of ether oxygens (including phenoxy) is 3. The van der Waals surface area contributed by atoms with Crippen molar-refractivity contribution in [1.82, 2.24) is 0 Å². The van der Waals surface area contributed by atoms with Crippen molar-refractivity contribution in [3.8, 4) is 0 Å². The van der Waals surface area contributed by atoms with Gasteiger partial charge in [-0.3, -0.25) is 0 Å². The maximum Gasteiger partial charge on any atom is 0.334 e. The zero-order chi connectivity index (χ0) is 32.4. The lowest BCUT2D eigenvalue weighted by Gasteiger charge is -2.24. The standard InChI is InChI=1S/C37H66O8/c1-3-4-5-6-7-8-12-15-18-31(39)35-23-24-36(45-35)33(41)21-20-32(40)34-22-19-30(44-34)17-14-11-9-10-13-16-29(38)26-28-25-27(2)43-37(28)42/h25,27,29-36,38-41H,3-24,26H2,1-2H3/t27-,29+,30+,31-,32-,33+,34-,35-,36-/m1/s1. The molecule has 0 spiro atoms. The SMILES string of the molecule is CCCCCCCCCC[C@@H](O)[C@H]1CC[C@H]([C@@H](O)CC[C@@H](O)[C@H]2CC[C@H](CCCCCCC[C@H](O)CC3=C[C@@H](C)OC3=O)O2)O1. The van der Waals surface area contributed by atoms with Gasteiger partial charge in [0.05, 0.1) is 48.8 Å². The third-order valence-electron chi connectivity index (χ3n) is 10.1. The Bertz CT molecular complexity index is 833. The summed E-state index contributed by atoms with van der Waals surface area (Å²) in [4.78, 5) is 11.7. The molecule has 2 fully saturated rings. The van der Waals surface area contributed by atoms with Crippen LogP contribution in [0.5, 0.6) is 0 Å². The Morgan fingerprint density at radius 1 is 0.667 bits per heavy atom. The third kappa shape index (κ3) is 14.7. The predicted octanol–water partition coefficient (Wildman–Crippen LogP) is 6.83. The van der Waals surface area contributed by atoms with Crippen LogP contribution in [0, 0.1) is 0 Å². The molecule has 2 saturated heterocycles. The molecule has 0 aromatic heterocycles. The Morgan fingerprint density at radius 2 is 1.18 bits per heavy atom. The van der Waals surface area contributed by atoms with E-state index in [9.17, 15) is 25.2 Å². The predicted molar refractivity (Wildman–Crippen MR) is 177 cm³/mol. The van der Waals surface area contributed by atoms with Gasteiger partial charge in [0.25, 0.3) is 0 Å². The Morgan fingerprint density at radius 3 is 1.78 bits per heavy atom. The van der Waals surface area contributed by atoms with E-state index in [0.29, 0.717) is 31.3 Å². The molecule has 0 saturated carbocycles. The third-order valence-corrected chi connectivity index (χ3v) is 10.1. The first-order chi connectivity index (χ1) is 21.8. The molecule has 0 amide bonds. The lowest BCUT2D eigenvalue weighted by molar-refractivity contribution is -0.139. The molecule has 3 aliphatic rings. The number of unbranched alkanes of at least 4 members (excludes halogenated alkanes) is 11. The summed E-state index contributed by atoms with van der Waals surface area (Å²) in [5.41, 5.74) is 0.600. The normalized spacial score (nSPS) is 27.8. The molecule has 8 heteroatoms. The highest BCUT2D eigenvalue weighted by molar-refractivity contribution is 5.90. The topological polar surface area (TPSA) is 126 Å². The summed E-state index contributed by atoms with van der Waals surface area (Å²) in [5.74, 6) is -0.295. The second-order valence-corrected chi connectivity index (χ2v) is 14.2. The van der Waals surface area contributed by atoms with Crippen molar-refractivity contribution in [3.05, 3.63) is 11.6 Å². The molecule has 4 N–H and O–H groups in total. The molecule has 0 unspecified atom stereocenters. The summed E-state index contributed by atoms with van der Waals surface area (Å²) < 4.78 is 17.3. The van der Waals surface area contributed by atoms with Crippen LogP contribution in [0.1, 0.15) is 162 Å². The number of aliphatic hydroxyl groups is 4. The maximum atomic E-state index is 11.7. The maximum absolute atomic E-state index is 11.7. The van der Waals surface area contributed by atoms with E-state index in [1.54, 1.807) is 6.08 Å². The molecule has 3 aliphatic heterocycles. The molecule has 3 heterocycles. The average molecular weight is 639 g/mol. The number of carbonyl (C=O) groups excluding carboxylic acids is 1. The van der Waals surface area contributed by atoms with Crippen LogP contribution in [0.3, 0.4) is 0 Å². The molecule has 262 valence electrons. The summed E-state index contributed by atoms with van der Waals surface area (Å²) in [6.07, 6.45) is 21.6. The van der Waals surface area contributed by atoms with Gasteiger partial charge in [0, 0.05) is 12.0 Å². The van der Waals surface area contributed by atoms with Gasteiger partial charge in [-0.1, -0.05) is 90.4 Å². The first-order valence-electron chi connectivity index (χ1n) is 18.7. The Hall–Kier alpha value is -1.03. The van der Waals surface area contributed by atoms with E-state index in [0.717, 1.165) is 83.5 Å². The molecule has 0 aliphatic carbocycles. The fraction of sp³-hybridized carbons (Fsp3) is 0.919. The lowest BCUT2D eigenvalue weighted by atomic mass is 9.98. The van der Waals surface area contributed by atoms with Crippen LogP contribution in [0.4, 0.5) is 0 Å². The monoisotopic (exact) mass is 638 g/mol. The zero-order valence-electron chi connectivity index (χ0n) is 28.5. The number of cyclic esters (lactones) is 1. The number of carbonyl (C=O) groups is 1. The van der Waals surface area contributed by atoms with Crippen molar-refractivity contribution in [3.63, 3.8) is 0 Å². The minimum Gasteiger partial charge on any atom is -0.455 e.